The lowest BCUT2D eigenvalue weighted by atomic mass is 10.0. The van der Waals surface area contributed by atoms with Gasteiger partial charge in [-0.25, -0.2) is 0 Å². The van der Waals surface area contributed by atoms with Gasteiger partial charge in [0.25, 0.3) is 0 Å². The zero-order valence-corrected chi connectivity index (χ0v) is 28.4. The summed E-state index contributed by atoms with van der Waals surface area (Å²) >= 11 is 1.91. The van der Waals surface area contributed by atoms with E-state index in [-0.39, 0.29) is 0 Å². The molecule has 4 heterocycles. The first-order valence-corrected chi connectivity index (χ1v) is 18.4. The molecule has 0 amide bonds. The lowest BCUT2D eigenvalue weighted by molar-refractivity contribution is 0.666. The van der Waals surface area contributed by atoms with E-state index in [1.165, 1.54) is 87.9 Å². The minimum absolute atomic E-state index is 0.908. The van der Waals surface area contributed by atoms with Crippen LogP contribution in [0.1, 0.15) is 25.3 Å². The minimum Gasteiger partial charge on any atom is -0.454 e. The second kappa shape index (κ2) is 10.6. The molecule has 0 radical (unpaired) electrons. The van der Waals surface area contributed by atoms with Crippen LogP contribution in [0.4, 0.5) is 0 Å². The summed E-state index contributed by atoms with van der Waals surface area (Å²) in [6, 6.07) is 51.2. The Balaban J connectivity index is 1.27. The van der Waals surface area contributed by atoms with Crippen molar-refractivity contribution < 1.29 is 4.42 Å². The highest BCUT2D eigenvalue weighted by Gasteiger charge is 2.23. The number of aryl methyl sites for hydroxylation is 1. The van der Waals surface area contributed by atoms with Crippen LogP contribution >= 0.6 is 11.3 Å². The molecule has 11 aromatic rings. The molecule has 3 nitrogen and oxygen atoms in total. The van der Waals surface area contributed by atoms with Crippen LogP contribution < -0.4 is 0 Å². The van der Waals surface area contributed by atoms with Gasteiger partial charge in [0.05, 0.1) is 38.1 Å². The van der Waals surface area contributed by atoms with Gasteiger partial charge in [-0.3, -0.25) is 0 Å². The molecule has 0 saturated heterocycles. The molecule has 0 atom stereocenters. The second-order valence-electron chi connectivity index (χ2n) is 13.5. The molecule has 11 rings (SSSR count). The number of hydrogen-bond donors (Lipinski definition) is 0. The van der Waals surface area contributed by atoms with Gasteiger partial charge < -0.3 is 13.6 Å². The van der Waals surface area contributed by atoms with Crippen LogP contribution in [-0.4, -0.2) is 9.13 Å². The van der Waals surface area contributed by atoms with Crippen molar-refractivity contribution in [2.24, 2.45) is 0 Å². The third-order valence-corrected chi connectivity index (χ3v) is 11.9. The van der Waals surface area contributed by atoms with Gasteiger partial charge in [-0.15, -0.1) is 11.3 Å². The number of nitrogens with zero attached hydrogens (tertiary/aromatic N) is 2. The Labute approximate surface area is 292 Å². The van der Waals surface area contributed by atoms with Crippen molar-refractivity contribution in [2.75, 3.05) is 0 Å². The summed E-state index contributed by atoms with van der Waals surface area (Å²) in [5.74, 6) is 0. The number of hydrogen-bond acceptors (Lipinski definition) is 2. The molecule has 4 heteroatoms. The molecule has 0 N–H and O–H groups in total. The van der Waals surface area contributed by atoms with Crippen LogP contribution in [0.5, 0.6) is 0 Å². The molecular weight excluding hydrogens is 629 g/mol. The molecule has 0 unspecified atom stereocenters. The highest BCUT2D eigenvalue weighted by Crippen LogP contribution is 2.46. The maximum atomic E-state index is 6.66. The van der Waals surface area contributed by atoms with E-state index >= 15 is 0 Å². The van der Waals surface area contributed by atoms with Crippen molar-refractivity contribution in [1.82, 2.24) is 9.13 Å². The zero-order valence-electron chi connectivity index (χ0n) is 27.6. The monoisotopic (exact) mass is 660 g/mol. The van der Waals surface area contributed by atoms with Crippen molar-refractivity contribution in [3.63, 3.8) is 0 Å². The van der Waals surface area contributed by atoms with Gasteiger partial charge in [0, 0.05) is 47.8 Å². The van der Waals surface area contributed by atoms with Crippen LogP contribution in [0.25, 0.3) is 97.1 Å². The van der Waals surface area contributed by atoms with Crippen LogP contribution in [0.2, 0.25) is 0 Å². The Hall–Kier alpha value is -5.84. The fourth-order valence-corrected chi connectivity index (χ4v) is 9.66. The Bertz CT molecular complexity index is 3150. The number of unbranched alkanes of at least 4 members (excludes halogenated alkanes) is 1. The van der Waals surface area contributed by atoms with Crippen LogP contribution in [0, 0.1) is 0 Å². The third-order valence-electron chi connectivity index (χ3n) is 10.7. The first-order valence-electron chi connectivity index (χ1n) is 17.6. The average Bonchev–Trinajstić information content (AvgIpc) is 3.91. The van der Waals surface area contributed by atoms with E-state index in [0.717, 1.165) is 34.0 Å². The summed E-state index contributed by atoms with van der Waals surface area (Å²) in [6.45, 7) is 2.27. The van der Waals surface area contributed by atoms with Crippen LogP contribution in [-0.2, 0) is 6.42 Å². The number of fused-ring (bicyclic) bond motifs is 13. The highest BCUT2D eigenvalue weighted by molar-refractivity contribution is 7.26. The fourth-order valence-electron chi connectivity index (χ4n) is 8.47. The predicted octanol–water partition coefficient (Wildman–Crippen LogP) is 13.5. The molecule has 0 spiro atoms. The minimum atomic E-state index is 0.908. The Morgan fingerprint density at radius 2 is 1.26 bits per heavy atom. The molecule has 0 aliphatic rings. The topological polar surface area (TPSA) is 23.0 Å². The summed E-state index contributed by atoms with van der Waals surface area (Å²) in [6.07, 6.45) is 3.55. The molecule has 7 aromatic carbocycles. The van der Waals surface area contributed by atoms with Crippen molar-refractivity contribution >= 4 is 97.1 Å². The maximum absolute atomic E-state index is 6.66. The summed E-state index contributed by atoms with van der Waals surface area (Å²) in [5.41, 5.74) is 10.3. The van der Waals surface area contributed by atoms with E-state index in [1.807, 2.05) is 17.4 Å². The summed E-state index contributed by atoms with van der Waals surface area (Å²) in [7, 11) is 0. The van der Waals surface area contributed by atoms with Crippen molar-refractivity contribution in [3.8, 4) is 11.4 Å². The third kappa shape index (κ3) is 3.80. The predicted molar refractivity (Wildman–Crippen MR) is 214 cm³/mol. The lowest BCUT2D eigenvalue weighted by Crippen LogP contribution is -1.96. The molecule has 0 saturated carbocycles. The maximum Gasteiger partial charge on any atom is 0.159 e. The van der Waals surface area contributed by atoms with Crippen molar-refractivity contribution in [3.05, 3.63) is 145 Å². The van der Waals surface area contributed by atoms with E-state index in [2.05, 4.69) is 150 Å². The molecule has 0 bridgehead atoms. The zero-order chi connectivity index (χ0) is 32.9. The SMILES string of the molecule is CCCCc1ccc2sc3c(-n4c5ccccc5c5c4ccc4c6ccccc6n(-c6cccc7c6oc6ccccc67)c45)cccc3c2c1. The van der Waals surface area contributed by atoms with Gasteiger partial charge >= 0.3 is 0 Å². The average molecular weight is 661 g/mol. The first-order chi connectivity index (χ1) is 24.8. The van der Waals surface area contributed by atoms with E-state index in [9.17, 15) is 0 Å². The van der Waals surface area contributed by atoms with E-state index in [1.54, 1.807) is 0 Å². The van der Waals surface area contributed by atoms with Gasteiger partial charge in [-0.2, -0.15) is 0 Å². The van der Waals surface area contributed by atoms with Crippen molar-refractivity contribution in [2.45, 2.75) is 26.2 Å². The number of para-hydroxylation sites is 4. The first kappa shape index (κ1) is 28.0. The molecule has 0 aliphatic heterocycles. The molecule has 238 valence electrons. The van der Waals surface area contributed by atoms with E-state index in [0.29, 0.717) is 0 Å². The molecule has 50 heavy (non-hydrogen) atoms. The van der Waals surface area contributed by atoms with Gasteiger partial charge in [-0.05, 0) is 66.9 Å². The number of aromatic nitrogens is 2. The van der Waals surface area contributed by atoms with Gasteiger partial charge in [0.1, 0.15) is 5.58 Å². The van der Waals surface area contributed by atoms with Gasteiger partial charge in [0.2, 0.25) is 0 Å². The molecular formula is C46H32N2OS. The summed E-state index contributed by atoms with van der Waals surface area (Å²) in [4.78, 5) is 0. The molecule has 0 aliphatic carbocycles. The van der Waals surface area contributed by atoms with Crippen LogP contribution in [0.15, 0.2) is 144 Å². The van der Waals surface area contributed by atoms with Gasteiger partial charge in [-0.1, -0.05) is 104 Å². The highest BCUT2D eigenvalue weighted by atomic mass is 32.1. The summed E-state index contributed by atoms with van der Waals surface area (Å²) in [5, 5.41) is 9.94. The number of rotatable bonds is 5. The van der Waals surface area contributed by atoms with Crippen molar-refractivity contribution in [1.29, 1.82) is 0 Å². The number of benzene rings is 7. The Morgan fingerprint density at radius 1 is 0.540 bits per heavy atom. The van der Waals surface area contributed by atoms with Gasteiger partial charge in [0.15, 0.2) is 5.58 Å². The van der Waals surface area contributed by atoms with Crippen LogP contribution in [0.3, 0.4) is 0 Å². The normalized spacial score (nSPS) is 12.3. The summed E-state index contributed by atoms with van der Waals surface area (Å²) < 4.78 is 14.3. The molecule has 0 fully saturated rings. The molecule has 4 aromatic heterocycles. The lowest BCUT2D eigenvalue weighted by Gasteiger charge is -2.11. The number of furan rings is 1. The quantitative estimate of drug-likeness (QED) is 0.180. The second-order valence-corrected chi connectivity index (χ2v) is 14.6. The number of thiophene rings is 1. The smallest absolute Gasteiger partial charge is 0.159 e. The van der Waals surface area contributed by atoms with E-state index in [4.69, 9.17) is 4.42 Å². The Kier molecular flexibility index (Phi) is 5.93. The Morgan fingerprint density at radius 3 is 2.12 bits per heavy atom. The standard InChI is InChI=1S/C46H32N2OS/c1-2-3-12-28-23-26-42-35(27-28)33-17-11-21-40(46(33)50-42)47-37-19-8-5-15-34(37)43-38(47)25-24-31-29-13-4-7-18-36(29)48(44(31)43)39-20-10-16-32-30-14-6-9-22-41(30)49-45(32)39/h4-11,13-27H,2-3,12H2,1H3. The fraction of sp³-hybridized carbons (Fsp3) is 0.0870. The van der Waals surface area contributed by atoms with E-state index < -0.39 is 0 Å². The largest absolute Gasteiger partial charge is 0.454 e.